The van der Waals surface area contributed by atoms with Crippen LogP contribution in [0.25, 0.3) is 10.8 Å². The normalized spacial score (nSPS) is 18.1. The molecule has 0 saturated heterocycles. The zero-order chi connectivity index (χ0) is 14.0. The largest absolute Gasteiger partial charge is 0.294 e. The van der Waals surface area contributed by atoms with E-state index in [4.69, 9.17) is 0 Å². The number of hydrogen-bond acceptors (Lipinski definition) is 1. The zero-order valence-corrected chi connectivity index (χ0v) is 12.2. The van der Waals surface area contributed by atoms with Gasteiger partial charge < -0.3 is 0 Å². The molecule has 0 radical (unpaired) electrons. The van der Waals surface area contributed by atoms with Gasteiger partial charge in [0.1, 0.15) is 0 Å². The molecule has 0 amide bonds. The van der Waals surface area contributed by atoms with Crippen molar-refractivity contribution in [3.05, 3.63) is 48.0 Å². The number of rotatable bonds is 3. The lowest BCUT2D eigenvalue weighted by Gasteiger charge is -2.35. The first kappa shape index (κ1) is 13.4. The van der Waals surface area contributed by atoms with Gasteiger partial charge in [-0.15, -0.1) is 0 Å². The van der Waals surface area contributed by atoms with Crippen LogP contribution >= 0.6 is 0 Å². The van der Waals surface area contributed by atoms with Gasteiger partial charge in [-0.05, 0) is 36.1 Å². The highest BCUT2D eigenvalue weighted by molar-refractivity contribution is 6.03. The summed E-state index contributed by atoms with van der Waals surface area (Å²) in [6, 6.07) is 14.4. The van der Waals surface area contributed by atoms with E-state index in [2.05, 4.69) is 31.2 Å². The first-order chi connectivity index (χ1) is 9.75. The molecule has 1 fully saturated rings. The van der Waals surface area contributed by atoms with Crippen LogP contribution in [0.4, 0.5) is 0 Å². The molecule has 0 bridgehead atoms. The minimum atomic E-state index is -0.0965. The van der Waals surface area contributed by atoms with Crippen LogP contribution < -0.4 is 0 Å². The summed E-state index contributed by atoms with van der Waals surface area (Å²) >= 11 is 0. The van der Waals surface area contributed by atoms with Crippen LogP contribution in [0, 0.1) is 5.41 Å². The predicted molar refractivity (Wildman–Crippen MR) is 84.1 cm³/mol. The molecule has 2 aromatic carbocycles. The third kappa shape index (κ3) is 2.26. The van der Waals surface area contributed by atoms with E-state index in [1.165, 1.54) is 30.0 Å². The van der Waals surface area contributed by atoms with Gasteiger partial charge in [-0.25, -0.2) is 0 Å². The molecular weight excluding hydrogens is 244 g/mol. The quantitative estimate of drug-likeness (QED) is 0.681. The smallest absolute Gasteiger partial charge is 0.169 e. The van der Waals surface area contributed by atoms with Crippen LogP contribution in [0.3, 0.4) is 0 Å². The van der Waals surface area contributed by atoms with E-state index in [1.54, 1.807) is 0 Å². The Kier molecular flexibility index (Phi) is 3.60. The third-order valence-corrected chi connectivity index (χ3v) is 4.98. The number of ketones is 1. The molecule has 20 heavy (non-hydrogen) atoms. The summed E-state index contributed by atoms with van der Waals surface area (Å²) in [4.78, 5) is 13.0. The lowest BCUT2D eigenvalue weighted by molar-refractivity contribution is 0.0702. The molecule has 1 aliphatic carbocycles. The van der Waals surface area contributed by atoms with Crippen LogP contribution in [0.5, 0.6) is 0 Å². The Morgan fingerprint density at radius 1 is 1.00 bits per heavy atom. The Morgan fingerprint density at radius 3 is 2.40 bits per heavy atom. The lowest BCUT2D eigenvalue weighted by Crippen LogP contribution is -2.32. The summed E-state index contributed by atoms with van der Waals surface area (Å²) < 4.78 is 0. The summed E-state index contributed by atoms with van der Waals surface area (Å²) in [6.07, 6.45) is 6.79. The van der Waals surface area contributed by atoms with Gasteiger partial charge in [-0.2, -0.15) is 0 Å². The Bertz CT molecular complexity index is 620. The number of carbonyl (C=O) groups excluding carboxylic acids is 1. The van der Waals surface area contributed by atoms with E-state index >= 15 is 0 Å². The molecule has 1 aliphatic rings. The Labute approximate surface area is 121 Å². The zero-order valence-electron chi connectivity index (χ0n) is 12.2. The maximum absolute atomic E-state index is 13.0. The maximum Gasteiger partial charge on any atom is 0.169 e. The van der Waals surface area contributed by atoms with E-state index in [9.17, 15) is 4.79 Å². The Hall–Kier alpha value is -1.63. The van der Waals surface area contributed by atoms with Gasteiger partial charge in [0, 0.05) is 11.0 Å². The van der Waals surface area contributed by atoms with Crippen molar-refractivity contribution in [2.75, 3.05) is 0 Å². The second kappa shape index (κ2) is 5.40. The van der Waals surface area contributed by atoms with Crippen LogP contribution in [0.2, 0.25) is 0 Å². The highest BCUT2D eigenvalue weighted by Gasteiger charge is 2.37. The first-order valence-electron chi connectivity index (χ1n) is 7.79. The van der Waals surface area contributed by atoms with Gasteiger partial charge in [0.2, 0.25) is 0 Å². The molecule has 104 valence electrons. The summed E-state index contributed by atoms with van der Waals surface area (Å²) in [5, 5.41) is 2.37. The van der Waals surface area contributed by atoms with Crippen molar-refractivity contribution in [1.29, 1.82) is 0 Å². The molecule has 3 rings (SSSR count). The van der Waals surface area contributed by atoms with Crippen molar-refractivity contribution >= 4 is 16.6 Å². The predicted octanol–water partition coefficient (Wildman–Crippen LogP) is 5.38. The summed E-state index contributed by atoms with van der Waals surface area (Å²) in [5.41, 5.74) is 0.799. The molecule has 1 saturated carbocycles. The SMILES string of the molecule is CCC1(C(=O)c2ccc3ccccc3c2)CCCCC1. The van der Waals surface area contributed by atoms with E-state index in [0.29, 0.717) is 5.78 Å². The van der Waals surface area contributed by atoms with Crippen LogP contribution in [-0.2, 0) is 0 Å². The van der Waals surface area contributed by atoms with Gasteiger partial charge >= 0.3 is 0 Å². The van der Waals surface area contributed by atoms with E-state index < -0.39 is 0 Å². The highest BCUT2D eigenvalue weighted by atomic mass is 16.1. The fourth-order valence-electron chi connectivity index (χ4n) is 3.61. The number of Topliss-reactive ketones (excluding diaryl/α,β-unsaturated/α-hetero) is 1. The average molecular weight is 266 g/mol. The summed E-state index contributed by atoms with van der Waals surface area (Å²) in [7, 11) is 0. The highest BCUT2D eigenvalue weighted by Crippen LogP contribution is 2.42. The van der Waals surface area contributed by atoms with Gasteiger partial charge in [0.15, 0.2) is 5.78 Å². The molecule has 0 atom stereocenters. The standard InChI is InChI=1S/C19H22O/c1-2-19(12-6-3-7-13-19)18(20)17-11-10-15-8-4-5-9-16(15)14-17/h4-5,8-11,14H,2-3,6-7,12-13H2,1H3. The molecule has 0 unspecified atom stereocenters. The van der Waals surface area contributed by atoms with E-state index in [1.807, 2.05) is 18.2 Å². The van der Waals surface area contributed by atoms with Crippen LogP contribution in [0.15, 0.2) is 42.5 Å². The molecule has 0 aliphatic heterocycles. The monoisotopic (exact) mass is 266 g/mol. The number of hydrogen-bond donors (Lipinski definition) is 0. The molecule has 0 spiro atoms. The van der Waals surface area contributed by atoms with Gasteiger partial charge in [0.25, 0.3) is 0 Å². The maximum atomic E-state index is 13.0. The number of benzene rings is 2. The Morgan fingerprint density at radius 2 is 1.70 bits per heavy atom. The molecule has 0 aromatic heterocycles. The molecule has 1 heteroatoms. The van der Waals surface area contributed by atoms with E-state index in [0.717, 1.165) is 24.8 Å². The molecule has 2 aromatic rings. The Balaban J connectivity index is 1.98. The van der Waals surface area contributed by atoms with Gasteiger partial charge in [-0.1, -0.05) is 62.6 Å². The van der Waals surface area contributed by atoms with Crippen molar-refractivity contribution < 1.29 is 4.79 Å². The average Bonchev–Trinajstić information content (AvgIpc) is 2.54. The fourth-order valence-corrected chi connectivity index (χ4v) is 3.61. The molecule has 0 heterocycles. The second-order valence-corrected chi connectivity index (χ2v) is 6.09. The summed E-state index contributed by atoms with van der Waals surface area (Å²) in [5.74, 6) is 0.366. The lowest BCUT2D eigenvalue weighted by atomic mass is 9.68. The van der Waals surface area contributed by atoms with Crippen LogP contribution in [0.1, 0.15) is 55.8 Å². The minimum Gasteiger partial charge on any atom is -0.294 e. The van der Waals surface area contributed by atoms with Gasteiger partial charge in [0.05, 0.1) is 0 Å². The number of fused-ring (bicyclic) bond motifs is 1. The molecule has 0 N–H and O–H groups in total. The van der Waals surface area contributed by atoms with E-state index in [-0.39, 0.29) is 5.41 Å². The van der Waals surface area contributed by atoms with Crippen LogP contribution in [-0.4, -0.2) is 5.78 Å². The third-order valence-electron chi connectivity index (χ3n) is 4.98. The second-order valence-electron chi connectivity index (χ2n) is 6.09. The van der Waals surface area contributed by atoms with Crippen molar-refractivity contribution in [3.8, 4) is 0 Å². The van der Waals surface area contributed by atoms with Gasteiger partial charge in [-0.3, -0.25) is 4.79 Å². The molecule has 1 nitrogen and oxygen atoms in total. The fraction of sp³-hybridized carbons (Fsp3) is 0.421. The minimum absolute atomic E-state index is 0.0965. The first-order valence-corrected chi connectivity index (χ1v) is 7.79. The molecular formula is C19H22O. The van der Waals surface area contributed by atoms with Crippen molar-refractivity contribution in [3.63, 3.8) is 0 Å². The summed E-state index contributed by atoms with van der Waals surface area (Å²) in [6.45, 7) is 2.17. The number of carbonyl (C=O) groups is 1. The topological polar surface area (TPSA) is 17.1 Å². The van der Waals surface area contributed by atoms with Crippen molar-refractivity contribution in [1.82, 2.24) is 0 Å². The van der Waals surface area contributed by atoms with Crippen molar-refractivity contribution in [2.24, 2.45) is 5.41 Å². The van der Waals surface area contributed by atoms with Crippen molar-refractivity contribution in [2.45, 2.75) is 45.4 Å².